The largest absolute Gasteiger partial charge is 0.507 e. The number of hydrogen-bond acceptors (Lipinski definition) is 3. The molecule has 5 aromatic rings. The van der Waals surface area contributed by atoms with Crippen molar-refractivity contribution in [2.24, 2.45) is 0 Å². The summed E-state index contributed by atoms with van der Waals surface area (Å²) in [7, 11) is 0. The van der Waals surface area contributed by atoms with Crippen molar-refractivity contribution < 1.29 is 5.11 Å². The third-order valence-electron chi connectivity index (χ3n) is 6.40. The lowest BCUT2D eigenvalue weighted by atomic mass is 9.85. The van der Waals surface area contributed by atoms with Crippen LogP contribution in [0.2, 0.25) is 0 Å². The Kier molecular flexibility index (Phi) is 5.53. The molecule has 1 N–H and O–H groups in total. The number of rotatable bonds is 3. The fraction of sp³-hybridized carbons (Fsp3) is 0.194. The molecule has 170 valence electrons. The van der Waals surface area contributed by atoms with E-state index in [4.69, 9.17) is 4.98 Å². The molecule has 0 fully saturated rings. The summed E-state index contributed by atoms with van der Waals surface area (Å²) in [5.74, 6) is 0.261. The third-order valence-corrected chi connectivity index (χ3v) is 7.43. The Labute approximate surface area is 205 Å². The van der Waals surface area contributed by atoms with Crippen LogP contribution in [0, 0.1) is 13.8 Å². The average molecular weight is 464 g/mol. The lowest BCUT2D eigenvalue weighted by molar-refractivity contribution is 0.477. The topological polar surface area (TPSA) is 33.1 Å². The van der Waals surface area contributed by atoms with E-state index in [-0.39, 0.29) is 11.2 Å². The number of phenolic OH excluding ortho intramolecular Hbond substituents is 1. The maximum atomic E-state index is 10.4. The van der Waals surface area contributed by atoms with Crippen molar-refractivity contribution in [1.29, 1.82) is 0 Å². The van der Waals surface area contributed by atoms with Crippen molar-refractivity contribution in [2.75, 3.05) is 0 Å². The lowest BCUT2D eigenvalue weighted by Gasteiger charge is -2.20. The average Bonchev–Trinajstić information content (AvgIpc) is 3.24. The van der Waals surface area contributed by atoms with Crippen LogP contribution in [-0.4, -0.2) is 10.1 Å². The Hall–Kier alpha value is -3.43. The predicted molar refractivity (Wildman–Crippen MR) is 146 cm³/mol. The molecule has 3 heteroatoms. The number of hydrogen-bond donors (Lipinski definition) is 1. The van der Waals surface area contributed by atoms with Crippen molar-refractivity contribution in [1.82, 2.24) is 4.98 Å². The van der Waals surface area contributed by atoms with E-state index in [1.807, 2.05) is 18.2 Å². The van der Waals surface area contributed by atoms with E-state index < -0.39 is 0 Å². The number of aromatic hydroxyl groups is 1. The van der Waals surface area contributed by atoms with Gasteiger partial charge in [-0.25, -0.2) is 4.98 Å². The van der Waals surface area contributed by atoms with Gasteiger partial charge in [-0.05, 0) is 71.3 Å². The van der Waals surface area contributed by atoms with Crippen LogP contribution in [0.5, 0.6) is 5.75 Å². The van der Waals surface area contributed by atoms with Crippen LogP contribution in [0.3, 0.4) is 0 Å². The van der Waals surface area contributed by atoms with Crippen molar-refractivity contribution in [2.45, 2.75) is 40.0 Å². The highest BCUT2D eigenvalue weighted by Crippen LogP contribution is 2.41. The molecule has 0 atom stereocenters. The number of para-hydroxylation sites is 1. The minimum atomic E-state index is 0.0145. The summed E-state index contributed by atoms with van der Waals surface area (Å²) in [5, 5.41) is 11.2. The zero-order valence-electron chi connectivity index (χ0n) is 20.3. The number of aromatic nitrogens is 1. The molecule has 0 aliphatic carbocycles. The maximum Gasteiger partial charge on any atom is 0.128 e. The minimum Gasteiger partial charge on any atom is -0.507 e. The van der Waals surface area contributed by atoms with Gasteiger partial charge in [0.25, 0.3) is 0 Å². The standard InChI is InChI=1S/C31H29NOS/c1-19-10-11-20(2)25(16-19)21-12-14-22(15-13-21)26-17-23(31(3,4)5)18-28-29(26)32-30(34-28)24-8-6-7-9-27(24)33/h6-18,33H,1-5H3. The summed E-state index contributed by atoms with van der Waals surface area (Å²) in [5.41, 5.74) is 10.4. The Bertz CT molecular complexity index is 1500. The number of aryl methyl sites for hydroxylation is 2. The molecule has 34 heavy (non-hydrogen) atoms. The van der Waals surface area contributed by atoms with Crippen molar-refractivity contribution >= 4 is 21.6 Å². The predicted octanol–water partition coefficient (Wildman–Crippen LogP) is 8.92. The van der Waals surface area contributed by atoms with E-state index in [2.05, 4.69) is 89.2 Å². The molecule has 4 aromatic carbocycles. The molecule has 0 saturated carbocycles. The van der Waals surface area contributed by atoms with Crippen molar-refractivity contribution in [3.63, 3.8) is 0 Å². The monoisotopic (exact) mass is 463 g/mol. The highest BCUT2D eigenvalue weighted by Gasteiger charge is 2.20. The molecule has 0 aliphatic heterocycles. The van der Waals surface area contributed by atoms with Crippen LogP contribution in [0.15, 0.2) is 78.9 Å². The SMILES string of the molecule is Cc1ccc(C)c(-c2ccc(-c3cc(C(C)(C)C)cc4sc(-c5ccccc5O)nc34)cc2)c1. The second kappa shape index (κ2) is 8.41. The first-order chi connectivity index (χ1) is 16.2. The summed E-state index contributed by atoms with van der Waals surface area (Å²) in [6.07, 6.45) is 0. The Morgan fingerprint density at radius 1 is 0.735 bits per heavy atom. The van der Waals surface area contributed by atoms with Gasteiger partial charge >= 0.3 is 0 Å². The number of thiazole rings is 1. The molecule has 0 aliphatic rings. The first-order valence-electron chi connectivity index (χ1n) is 11.6. The van der Waals surface area contributed by atoms with Crippen LogP contribution in [0.1, 0.15) is 37.5 Å². The summed E-state index contributed by atoms with van der Waals surface area (Å²) < 4.78 is 1.14. The van der Waals surface area contributed by atoms with E-state index in [1.165, 1.54) is 27.8 Å². The molecule has 1 heterocycles. The summed E-state index contributed by atoms with van der Waals surface area (Å²) in [4.78, 5) is 5.01. The molecule has 0 spiro atoms. The molecular weight excluding hydrogens is 434 g/mol. The van der Waals surface area contributed by atoms with Gasteiger partial charge in [0.05, 0.1) is 15.8 Å². The zero-order valence-corrected chi connectivity index (χ0v) is 21.1. The number of phenols is 1. The number of nitrogens with zero attached hydrogens (tertiary/aromatic N) is 1. The Morgan fingerprint density at radius 3 is 2.09 bits per heavy atom. The molecule has 1 aromatic heterocycles. The van der Waals surface area contributed by atoms with Crippen LogP contribution in [0.4, 0.5) is 0 Å². The van der Waals surface area contributed by atoms with Gasteiger partial charge in [-0.2, -0.15) is 0 Å². The second-order valence-electron chi connectivity index (χ2n) is 10.1. The highest BCUT2D eigenvalue weighted by atomic mass is 32.1. The maximum absolute atomic E-state index is 10.4. The molecule has 0 amide bonds. The van der Waals surface area contributed by atoms with Crippen molar-refractivity contribution in [3.05, 3.63) is 95.6 Å². The molecule has 2 nitrogen and oxygen atoms in total. The van der Waals surface area contributed by atoms with Crippen LogP contribution < -0.4 is 0 Å². The second-order valence-corrected chi connectivity index (χ2v) is 11.1. The highest BCUT2D eigenvalue weighted by molar-refractivity contribution is 7.21. The summed E-state index contributed by atoms with van der Waals surface area (Å²) >= 11 is 1.64. The minimum absolute atomic E-state index is 0.0145. The summed E-state index contributed by atoms with van der Waals surface area (Å²) in [6.45, 7) is 11.0. The fourth-order valence-electron chi connectivity index (χ4n) is 4.33. The first kappa shape index (κ1) is 22.4. The third kappa shape index (κ3) is 4.12. The normalized spacial score (nSPS) is 11.8. The number of benzene rings is 4. The van der Waals surface area contributed by atoms with Crippen LogP contribution in [0.25, 0.3) is 43.0 Å². The molecular formula is C31H29NOS. The van der Waals surface area contributed by atoms with E-state index in [0.717, 1.165) is 31.9 Å². The summed E-state index contributed by atoms with van der Waals surface area (Å²) in [6, 6.07) is 27.4. The van der Waals surface area contributed by atoms with Gasteiger partial charge in [0.1, 0.15) is 10.8 Å². The van der Waals surface area contributed by atoms with Gasteiger partial charge in [0, 0.05) is 5.56 Å². The molecule has 0 radical (unpaired) electrons. The van der Waals surface area contributed by atoms with E-state index in [1.54, 1.807) is 17.4 Å². The Balaban J connectivity index is 1.67. The molecule has 0 bridgehead atoms. The van der Waals surface area contributed by atoms with Gasteiger partial charge in [0.2, 0.25) is 0 Å². The van der Waals surface area contributed by atoms with E-state index in [9.17, 15) is 5.11 Å². The smallest absolute Gasteiger partial charge is 0.128 e. The van der Waals surface area contributed by atoms with Gasteiger partial charge in [0.15, 0.2) is 0 Å². The van der Waals surface area contributed by atoms with Crippen LogP contribution in [-0.2, 0) is 5.41 Å². The fourth-order valence-corrected chi connectivity index (χ4v) is 5.39. The lowest BCUT2D eigenvalue weighted by Crippen LogP contribution is -2.11. The number of fused-ring (bicyclic) bond motifs is 1. The van der Waals surface area contributed by atoms with Crippen molar-refractivity contribution in [3.8, 4) is 38.6 Å². The van der Waals surface area contributed by atoms with E-state index in [0.29, 0.717) is 0 Å². The quantitative estimate of drug-likeness (QED) is 0.290. The van der Waals surface area contributed by atoms with Gasteiger partial charge in [-0.3, -0.25) is 0 Å². The zero-order chi connectivity index (χ0) is 24.0. The molecule has 5 rings (SSSR count). The van der Waals surface area contributed by atoms with E-state index >= 15 is 0 Å². The van der Waals surface area contributed by atoms with Gasteiger partial charge in [-0.15, -0.1) is 11.3 Å². The molecule has 0 saturated heterocycles. The first-order valence-corrected chi connectivity index (χ1v) is 12.4. The van der Waals surface area contributed by atoms with Crippen LogP contribution >= 0.6 is 11.3 Å². The molecule has 0 unspecified atom stereocenters. The van der Waals surface area contributed by atoms with Gasteiger partial charge < -0.3 is 5.11 Å². The Morgan fingerprint density at radius 2 is 1.41 bits per heavy atom. The van der Waals surface area contributed by atoms with Gasteiger partial charge in [-0.1, -0.05) is 80.9 Å².